The Kier molecular flexibility index (Phi) is 8.09. The minimum absolute atomic E-state index is 0.0399. The van der Waals surface area contributed by atoms with Gasteiger partial charge in [-0.05, 0) is 62.3 Å². The van der Waals surface area contributed by atoms with Crippen molar-refractivity contribution in [3.8, 4) is 11.3 Å². The van der Waals surface area contributed by atoms with Crippen LogP contribution in [0, 0.1) is 5.92 Å². The zero-order valence-electron chi connectivity index (χ0n) is 19.2. The molecule has 1 aromatic carbocycles. The molecular formula is C27H31N3O4. The van der Waals surface area contributed by atoms with Gasteiger partial charge in [0.2, 0.25) is 5.91 Å². The molecule has 2 heterocycles. The summed E-state index contributed by atoms with van der Waals surface area (Å²) in [7, 11) is 0. The highest BCUT2D eigenvalue weighted by Gasteiger charge is 2.22. The van der Waals surface area contributed by atoms with Crippen LogP contribution in [0.4, 0.5) is 0 Å². The Morgan fingerprint density at radius 2 is 1.82 bits per heavy atom. The van der Waals surface area contributed by atoms with Crippen LogP contribution in [0.1, 0.15) is 53.9 Å². The summed E-state index contributed by atoms with van der Waals surface area (Å²) in [5, 5.41) is 15.2. The maximum absolute atomic E-state index is 12.3. The molecule has 0 unspecified atom stereocenters. The number of carboxylic acid groups (broad SMARTS) is 1. The molecule has 1 fully saturated rings. The number of carboxylic acids is 1. The molecule has 0 atom stereocenters. The fraction of sp³-hybridized carbons (Fsp3) is 0.370. The molecule has 1 aliphatic carbocycles. The van der Waals surface area contributed by atoms with Gasteiger partial charge in [-0.2, -0.15) is 0 Å². The summed E-state index contributed by atoms with van der Waals surface area (Å²) >= 11 is 0. The van der Waals surface area contributed by atoms with Crippen LogP contribution in [-0.2, 0) is 17.8 Å². The summed E-state index contributed by atoms with van der Waals surface area (Å²) in [4.78, 5) is 27.5. The van der Waals surface area contributed by atoms with E-state index in [1.807, 2.05) is 24.3 Å². The molecule has 0 bridgehead atoms. The molecule has 3 aromatic rings. The van der Waals surface area contributed by atoms with E-state index in [4.69, 9.17) is 9.52 Å². The van der Waals surface area contributed by atoms with Crippen molar-refractivity contribution < 1.29 is 19.1 Å². The van der Waals surface area contributed by atoms with E-state index in [0.29, 0.717) is 18.2 Å². The van der Waals surface area contributed by atoms with Gasteiger partial charge in [0, 0.05) is 30.8 Å². The van der Waals surface area contributed by atoms with E-state index >= 15 is 0 Å². The Morgan fingerprint density at radius 1 is 1.03 bits per heavy atom. The van der Waals surface area contributed by atoms with Crippen molar-refractivity contribution in [2.24, 2.45) is 5.92 Å². The van der Waals surface area contributed by atoms with Gasteiger partial charge in [0.15, 0.2) is 0 Å². The lowest BCUT2D eigenvalue weighted by molar-refractivity contribution is -0.121. The number of carbonyl (C=O) groups is 2. The van der Waals surface area contributed by atoms with E-state index in [2.05, 4.69) is 33.8 Å². The van der Waals surface area contributed by atoms with E-state index in [-0.39, 0.29) is 24.1 Å². The highest BCUT2D eigenvalue weighted by Crippen LogP contribution is 2.29. The number of aromatic carboxylic acids is 1. The lowest BCUT2D eigenvalue weighted by Crippen LogP contribution is -2.42. The third kappa shape index (κ3) is 6.78. The number of benzene rings is 1. The topological polar surface area (TPSA) is 104 Å². The van der Waals surface area contributed by atoms with Gasteiger partial charge in [0.1, 0.15) is 11.5 Å². The van der Waals surface area contributed by atoms with Crippen LogP contribution in [0.5, 0.6) is 0 Å². The number of carbonyl (C=O) groups excluding carboxylic acids is 1. The SMILES string of the molecule is O=C(CNCc1cc(C(=O)O)ccn1)NC1CCC(CCc2ccc(-c3ccccc3)o2)CC1. The number of rotatable bonds is 10. The number of aryl methyl sites for hydroxylation is 1. The first kappa shape index (κ1) is 23.7. The van der Waals surface area contributed by atoms with Crippen molar-refractivity contribution in [1.29, 1.82) is 0 Å². The van der Waals surface area contributed by atoms with Crippen LogP contribution in [-0.4, -0.2) is 34.6 Å². The van der Waals surface area contributed by atoms with Crippen LogP contribution in [0.3, 0.4) is 0 Å². The monoisotopic (exact) mass is 461 g/mol. The molecule has 178 valence electrons. The second-order valence-electron chi connectivity index (χ2n) is 8.90. The van der Waals surface area contributed by atoms with E-state index in [1.165, 1.54) is 18.3 Å². The first-order chi connectivity index (χ1) is 16.6. The molecule has 4 rings (SSSR count). The Hall–Kier alpha value is -3.45. The number of furan rings is 1. The number of nitrogens with one attached hydrogen (secondary N) is 2. The van der Waals surface area contributed by atoms with Crippen molar-refractivity contribution in [3.05, 3.63) is 77.8 Å². The third-order valence-corrected chi connectivity index (χ3v) is 6.39. The average molecular weight is 462 g/mol. The molecule has 0 radical (unpaired) electrons. The molecule has 2 aromatic heterocycles. The molecular weight excluding hydrogens is 430 g/mol. The Bertz CT molecular complexity index is 1090. The summed E-state index contributed by atoms with van der Waals surface area (Å²) in [6.07, 6.45) is 7.71. The van der Waals surface area contributed by atoms with Gasteiger partial charge >= 0.3 is 5.97 Å². The fourth-order valence-corrected chi connectivity index (χ4v) is 4.50. The van der Waals surface area contributed by atoms with Crippen molar-refractivity contribution in [3.63, 3.8) is 0 Å². The molecule has 7 heteroatoms. The van der Waals surface area contributed by atoms with Crippen molar-refractivity contribution >= 4 is 11.9 Å². The van der Waals surface area contributed by atoms with Gasteiger partial charge in [-0.3, -0.25) is 9.78 Å². The van der Waals surface area contributed by atoms with Crippen LogP contribution >= 0.6 is 0 Å². The summed E-state index contributed by atoms with van der Waals surface area (Å²) in [6, 6.07) is 17.5. The minimum Gasteiger partial charge on any atom is -0.478 e. The molecule has 3 N–H and O–H groups in total. The molecule has 0 spiro atoms. The second-order valence-corrected chi connectivity index (χ2v) is 8.90. The van der Waals surface area contributed by atoms with Gasteiger partial charge in [-0.15, -0.1) is 0 Å². The number of aromatic nitrogens is 1. The molecule has 0 aliphatic heterocycles. The van der Waals surface area contributed by atoms with Crippen molar-refractivity contribution in [2.45, 2.75) is 51.1 Å². The maximum Gasteiger partial charge on any atom is 0.335 e. The van der Waals surface area contributed by atoms with Crippen LogP contribution in [0.2, 0.25) is 0 Å². The van der Waals surface area contributed by atoms with Crippen LogP contribution in [0.25, 0.3) is 11.3 Å². The summed E-state index contributed by atoms with van der Waals surface area (Å²) in [5.41, 5.74) is 1.89. The molecule has 34 heavy (non-hydrogen) atoms. The normalized spacial score (nSPS) is 17.9. The average Bonchev–Trinajstić information content (AvgIpc) is 3.33. The predicted molar refractivity (Wildman–Crippen MR) is 129 cm³/mol. The first-order valence-corrected chi connectivity index (χ1v) is 11.9. The van der Waals surface area contributed by atoms with Gasteiger partial charge in [0.05, 0.1) is 17.8 Å². The van der Waals surface area contributed by atoms with Gasteiger partial charge in [-0.25, -0.2) is 4.79 Å². The summed E-state index contributed by atoms with van der Waals surface area (Å²) < 4.78 is 6.02. The van der Waals surface area contributed by atoms with Crippen LogP contribution in [0.15, 0.2) is 65.2 Å². The Morgan fingerprint density at radius 3 is 2.59 bits per heavy atom. The number of pyridine rings is 1. The summed E-state index contributed by atoms with van der Waals surface area (Å²) in [5.74, 6) is 1.58. The maximum atomic E-state index is 12.3. The van der Waals surface area contributed by atoms with E-state index in [0.717, 1.165) is 55.6 Å². The smallest absolute Gasteiger partial charge is 0.335 e. The molecule has 1 aliphatic rings. The van der Waals surface area contributed by atoms with Crippen molar-refractivity contribution in [2.75, 3.05) is 6.54 Å². The predicted octanol–water partition coefficient (Wildman–Crippen LogP) is 4.44. The quantitative estimate of drug-likeness (QED) is 0.412. The zero-order valence-corrected chi connectivity index (χ0v) is 19.2. The van der Waals surface area contributed by atoms with Crippen LogP contribution < -0.4 is 10.6 Å². The Labute approximate surface area is 199 Å². The highest BCUT2D eigenvalue weighted by atomic mass is 16.4. The number of hydrogen-bond acceptors (Lipinski definition) is 5. The summed E-state index contributed by atoms with van der Waals surface area (Å²) in [6.45, 7) is 0.529. The standard InChI is InChI=1S/C27H31N3O4/c31-26(18-28-17-23-16-21(27(32)33)14-15-29-23)30-22-9-6-19(7-10-22)8-11-24-12-13-25(34-24)20-4-2-1-3-5-20/h1-5,12-16,19,22,28H,6-11,17-18H2,(H,30,31)(H,32,33). The van der Waals surface area contributed by atoms with Gasteiger partial charge < -0.3 is 20.2 Å². The highest BCUT2D eigenvalue weighted by molar-refractivity contribution is 5.87. The second kappa shape index (κ2) is 11.6. The first-order valence-electron chi connectivity index (χ1n) is 11.9. The number of nitrogens with zero attached hydrogens (tertiary/aromatic N) is 1. The lowest BCUT2D eigenvalue weighted by atomic mass is 9.83. The number of amides is 1. The largest absolute Gasteiger partial charge is 0.478 e. The molecule has 0 saturated heterocycles. The molecule has 1 amide bonds. The van der Waals surface area contributed by atoms with Crippen molar-refractivity contribution in [1.82, 2.24) is 15.6 Å². The number of hydrogen-bond donors (Lipinski definition) is 3. The van der Waals surface area contributed by atoms with E-state index in [9.17, 15) is 9.59 Å². The van der Waals surface area contributed by atoms with E-state index < -0.39 is 5.97 Å². The van der Waals surface area contributed by atoms with Gasteiger partial charge in [-0.1, -0.05) is 30.3 Å². The lowest BCUT2D eigenvalue weighted by Gasteiger charge is -2.29. The van der Waals surface area contributed by atoms with Gasteiger partial charge in [0.25, 0.3) is 0 Å². The molecule has 1 saturated carbocycles. The Balaban J connectivity index is 1.13. The minimum atomic E-state index is -0.988. The molecule has 7 nitrogen and oxygen atoms in total. The zero-order chi connectivity index (χ0) is 23.8. The fourth-order valence-electron chi connectivity index (χ4n) is 4.50. The third-order valence-electron chi connectivity index (χ3n) is 6.39. The van der Waals surface area contributed by atoms with E-state index in [1.54, 1.807) is 0 Å².